The molecule has 7 heteroatoms. The zero-order valence-corrected chi connectivity index (χ0v) is 14.9. The molecule has 3 aromatic rings. The van der Waals surface area contributed by atoms with E-state index < -0.39 is 0 Å². The van der Waals surface area contributed by atoms with Crippen molar-refractivity contribution in [3.63, 3.8) is 0 Å². The quantitative estimate of drug-likeness (QED) is 0.687. The van der Waals surface area contributed by atoms with Crippen molar-refractivity contribution >= 4 is 40.8 Å². The third-order valence-corrected chi connectivity index (χ3v) is 4.22. The summed E-state index contributed by atoms with van der Waals surface area (Å²) in [7, 11) is 0. The summed E-state index contributed by atoms with van der Waals surface area (Å²) >= 11 is 0. The van der Waals surface area contributed by atoms with Crippen molar-refractivity contribution in [2.75, 3.05) is 23.8 Å². The molecule has 2 heterocycles. The zero-order chi connectivity index (χ0) is 17.1. The molecule has 1 unspecified atom stereocenters. The van der Waals surface area contributed by atoms with Gasteiger partial charge in [-0.05, 0) is 49.2 Å². The fourth-order valence-electron chi connectivity index (χ4n) is 2.95. The molecule has 1 atom stereocenters. The van der Waals surface area contributed by atoms with E-state index >= 15 is 0 Å². The van der Waals surface area contributed by atoms with Crippen LogP contribution in [0.4, 0.5) is 21.8 Å². The molecule has 1 saturated heterocycles. The Hall–Kier alpha value is -2.44. The first kappa shape index (κ1) is 18.4. The number of hydrogen-bond donors (Lipinski definition) is 2. The molecule has 0 aliphatic carbocycles. The van der Waals surface area contributed by atoms with E-state index in [1.54, 1.807) is 12.1 Å². The first-order valence-corrected chi connectivity index (χ1v) is 8.43. The molecule has 0 radical (unpaired) electrons. The number of ether oxygens (including phenoxy) is 1. The minimum atomic E-state index is -0.274. The number of anilines is 3. The number of nitrogens with zero attached hydrogens (tertiary/aromatic N) is 2. The van der Waals surface area contributed by atoms with Crippen molar-refractivity contribution in [2.45, 2.75) is 18.9 Å². The minimum Gasteiger partial charge on any atom is -0.376 e. The van der Waals surface area contributed by atoms with Gasteiger partial charge in [-0.2, -0.15) is 4.98 Å². The van der Waals surface area contributed by atoms with Crippen LogP contribution in [0.5, 0.6) is 0 Å². The van der Waals surface area contributed by atoms with Crippen LogP contribution in [0.15, 0.2) is 48.5 Å². The predicted molar refractivity (Wildman–Crippen MR) is 104 cm³/mol. The summed E-state index contributed by atoms with van der Waals surface area (Å²) in [4.78, 5) is 9.14. The van der Waals surface area contributed by atoms with Crippen molar-refractivity contribution < 1.29 is 9.13 Å². The molecule has 0 amide bonds. The van der Waals surface area contributed by atoms with Crippen LogP contribution >= 0.6 is 12.4 Å². The Kier molecular flexibility index (Phi) is 5.85. The largest absolute Gasteiger partial charge is 0.376 e. The summed E-state index contributed by atoms with van der Waals surface area (Å²) in [5.41, 5.74) is 1.58. The lowest BCUT2D eigenvalue weighted by atomic mass is 10.2. The van der Waals surface area contributed by atoms with Crippen LogP contribution in [0.1, 0.15) is 12.8 Å². The van der Waals surface area contributed by atoms with Gasteiger partial charge in [0.1, 0.15) is 11.6 Å². The van der Waals surface area contributed by atoms with E-state index in [9.17, 15) is 4.39 Å². The number of aromatic nitrogens is 2. The summed E-state index contributed by atoms with van der Waals surface area (Å²) in [6.45, 7) is 1.55. The highest BCUT2D eigenvalue weighted by molar-refractivity contribution is 5.90. The van der Waals surface area contributed by atoms with E-state index in [1.807, 2.05) is 24.3 Å². The van der Waals surface area contributed by atoms with Crippen LogP contribution in [0.3, 0.4) is 0 Å². The standard InChI is InChI=1S/C19H19FN4O.ClH/c20-13-7-9-14(10-8-13)22-19-23-17-6-2-1-5-16(17)18(24-19)21-12-15-4-3-11-25-15;/h1-2,5-10,15H,3-4,11-12H2,(H2,21,22,23,24);1H. The summed E-state index contributed by atoms with van der Waals surface area (Å²) in [6.07, 6.45) is 2.40. The van der Waals surface area contributed by atoms with Gasteiger partial charge in [-0.1, -0.05) is 12.1 Å². The van der Waals surface area contributed by atoms with Crippen molar-refractivity contribution in [3.8, 4) is 0 Å². The molecular formula is C19H20ClFN4O. The van der Waals surface area contributed by atoms with Crippen molar-refractivity contribution in [1.82, 2.24) is 9.97 Å². The first-order valence-electron chi connectivity index (χ1n) is 8.43. The van der Waals surface area contributed by atoms with E-state index in [4.69, 9.17) is 4.74 Å². The molecule has 26 heavy (non-hydrogen) atoms. The normalized spacial score (nSPS) is 16.3. The second-order valence-corrected chi connectivity index (χ2v) is 6.06. The number of fused-ring (bicyclic) bond motifs is 1. The number of para-hydroxylation sites is 1. The second-order valence-electron chi connectivity index (χ2n) is 6.06. The Labute approximate surface area is 157 Å². The molecule has 0 spiro atoms. The van der Waals surface area contributed by atoms with Gasteiger partial charge in [0.2, 0.25) is 5.95 Å². The Morgan fingerprint density at radius 1 is 1.08 bits per heavy atom. The van der Waals surface area contributed by atoms with Crippen LogP contribution in [0, 0.1) is 5.82 Å². The van der Waals surface area contributed by atoms with Gasteiger partial charge in [-0.3, -0.25) is 0 Å². The lowest BCUT2D eigenvalue weighted by molar-refractivity contribution is 0.120. The van der Waals surface area contributed by atoms with E-state index in [1.165, 1.54) is 12.1 Å². The summed E-state index contributed by atoms with van der Waals surface area (Å²) in [5, 5.41) is 7.48. The van der Waals surface area contributed by atoms with E-state index in [2.05, 4.69) is 20.6 Å². The van der Waals surface area contributed by atoms with E-state index in [-0.39, 0.29) is 24.3 Å². The molecule has 1 aromatic heterocycles. The smallest absolute Gasteiger partial charge is 0.229 e. The number of benzene rings is 2. The molecule has 2 aromatic carbocycles. The summed E-state index contributed by atoms with van der Waals surface area (Å²) < 4.78 is 18.7. The SMILES string of the molecule is Cl.Fc1ccc(Nc2nc(NCC3CCCO3)c3ccccc3n2)cc1. The topological polar surface area (TPSA) is 59.1 Å². The maximum atomic E-state index is 13.1. The fourth-order valence-corrected chi connectivity index (χ4v) is 2.95. The fraction of sp³-hybridized carbons (Fsp3) is 0.263. The number of hydrogen-bond acceptors (Lipinski definition) is 5. The van der Waals surface area contributed by atoms with Crippen molar-refractivity contribution in [3.05, 3.63) is 54.3 Å². The van der Waals surface area contributed by atoms with E-state index in [0.29, 0.717) is 5.95 Å². The summed E-state index contributed by atoms with van der Waals surface area (Å²) in [5.74, 6) is 0.967. The Morgan fingerprint density at radius 3 is 2.65 bits per heavy atom. The van der Waals surface area contributed by atoms with Gasteiger partial charge in [0.15, 0.2) is 0 Å². The molecule has 136 valence electrons. The van der Waals surface area contributed by atoms with Gasteiger partial charge < -0.3 is 15.4 Å². The molecule has 1 aliphatic rings. The van der Waals surface area contributed by atoms with E-state index in [0.717, 1.165) is 48.4 Å². The maximum Gasteiger partial charge on any atom is 0.229 e. The molecular weight excluding hydrogens is 355 g/mol. The first-order chi connectivity index (χ1) is 12.3. The Balaban J connectivity index is 0.00000196. The van der Waals surface area contributed by atoms with Crippen LogP contribution in [0.25, 0.3) is 10.9 Å². The molecule has 2 N–H and O–H groups in total. The number of rotatable bonds is 5. The second kappa shape index (κ2) is 8.29. The number of halogens is 2. The van der Waals surface area contributed by atoms with Gasteiger partial charge in [0, 0.05) is 24.2 Å². The van der Waals surface area contributed by atoms with Crippen LogP contribution in [-0.2, 0) is 4.74 Å². The van der Waals surface area contributed by atoms with Crippen molar-refractivity contribution in [1.29, 1.82) is 0 Å². The third kappa shape index (κ3) is 4.20. The Bertz CT molecular complexity index is 869. The predicted octanol–water partition coefficient (Wildman–Crippen LogP) is 4.53. The Morgan fingerprint density at radius 2 is 1.88 bits per heavy atom. The highest BCUT2D eigenvalue weighted by Gasteiger charge is 2.16. The van der Waals surface area contributed by atoms with Crippen LogP contribution in [0.2, 0.25) is 0 Å². The highest BCUT2D eigenvalue weighted by Crippen LogP contribution is 2.24. The van der Waals surface area contributed by atoms with Gasteiger partial charge in [0.25, 0.3) is 0 Å². The lowest BCUT2D eigenvalue weighted by Gasteiger charge is -2.14. The molecule has 4 rings (SSSR count). The lowest BCUT2D eigenvalue weighted by Crippen LogP contribution is -2.19. The maximum absolute atomic E-state index is 13.1. The molecule has 0 bridgehead atoms. The zero-order valence-electron chi connectivity index (χ0n) is 14.1. The van der Waals surface area contributed by atoms with Gasteiger partial charge in [-0.15, -0.1) is 12.4 Å². The van der Waals surface area contributed by atoms with Gasteiger partial charge >= 0.3 is 0 Å². The molecule has 0 saturated carbocycles. The number of nitrogens with one attached hydrogen (secondary N) is 2. The average molecular weight is 375 g/mol. The molecule has 1 fully saturated rings. The van der Waals surface area contributed by atoms with Crippen LogP contribution in [-0.4, -0.2) is 29.2 Å². The third-order valence-electron chi connectivity index (χ3n) is 4.22. The molecule has 5 nitrogen and oxygen atoms in total. The minimum absolute atomic E-state index is 0. The highest BCUT2D eigenvalue weighted by atomic mass is 35.5. The van der Waals surface area contributed by atoms with Crippen LogP contribution < -0.4 is 10.6 Å². The summed E-state index contributed by atoms with van der Waals surface area (Å²) in [6, 6.07) is 14.0. The monoisotopic (exact) mass is 374 g/mol. The molecule has 1 aliphatic heterocycles. The van der Waals surface area contributed by atoms with Gasteiger partial charge in [0.05, 0.1) is 11.6 Å². The van der Waals surface area contributed by atoms with Gasteiger partial charge in [-0.25, -0.2) is 9.37 Å². The average Bonchev–Trinajstić information content (AvgIpc) is 3.15. The van der Waals surface area contributed by atoms with Crippen molar-refractivity contribution in [2.24, 2.45) is 0 Å².